The van der Waals surface area contributed by atoms with E-state index in [-0.39, 0.29) is 5.91 Å². The molecule has 3 fully saturated rings. The monoisotopic (exact) mass is 390 g/mol. The first-order valence-corrected chi connectivity index (χ1v) is 10.7. The van der Waals surface area contributed by atoms with Gasteiger partial charge in [0.2, 0.25) is 5.91 Å². The Morgan fingerprint density at radius 3 is 2.61 bits per heavy atom. The van der Waals surface area contributed by atoms with Crippen LogP contribution in [0.2, 0.25) is 0 Å². The SMILES string of the molecule is N#CC1(NC(=O)C(CC2CCCCC2)N=C(N)N2CCOCC2)CCNCC1. The predicted octanol–water partition coefficient (Wildman–Crippen LogP) is 0.734. The lowest BCUT2D eigenvalue weighted by atomic mass is 9.84. The molecule has 3 aliphatic rings. The molecule has 0 aromatic heterocycles. The van der Waals surface area contributed by atoms with Gasteiger partial charge in [-0.1, -0.05) is 32.1 Å². The molecule has 2 heterocycles. The fourth-order valence-electron chi connectivity index (χ4n) is 4.43. The van der Waals surface area contributed by atoms with Crippen LogP contribution in [0.1, 0.15) is 51.4 Å². The van der Waals surface area contributed by atoms with E-state index in [4.69, 9.17) is 10.5 Å². The van der Waals surface area contributed by atoms with Crippen LogP contribution in [-0.2, 0) is 9.53 Å². The number of nitrogens with one attached hydrogen (secondary N) is 2. The molecule has 0 aromatic rings. The summed E-state index contributed by atoms with van der Waals surface area (Å²) >= 11 is 0. The van der Waals surface area contributed by atoms with Crippen molar-refractivity contribution in [3.8, 4) is 6.07 Å². The molecule has 0 spiro atoms. The lowest BCUT2D eigenvalue weighted by Gasteiger charge is -2.34. The molecule has 1 unspecified atom stereocenters. The summed E-state index contributed by atoms with van der Waals surface area (Å²) < 4.78 is 5.38. The zero-order valence-electron chi connectivity index (χ0n) is 16.8. The van der Waals surface area contributed by atoms with Crippen molar-refractivity contribution in [2.45, 2.75) is 62.9 Å². The number of amides is 1. The third-order valence-corrected chi connectivity index (χ3v) is 6.24. The molecule has 2 aliphatic heterocycles. The quantitative estimate of drug-likeness (QED) is 0.471. The van der Waals surface area contributed by atoms with E-state index in [1.165, 1.54) is 19.3 Å². The third-order valence-electron chi connectivity index (χ3n) is 6.24. The summed E-state index contributed by atoms with van der Waals surface area (Å²) in [6.45, 7) is 4.11. The fourth-order valence-corrected chi connectivity index (χ4v) is 4.43. The molecule has 8 heteroatoms. The van der Waals surface area contributed by atoms with Crippen LogP contribution in [-0.4, -0.2) is 67.7 Å². The lowest BCUT2D eigenvalue weighted by Crippen LogP contribution is -2.56. The Labute approximate surface area is 167 Å². The van der Waals surface area contributed by atoms with Crippen LogP contribution in [0.4, 0.5) is 0 Å². The van der Waals surface area contributed by atoms with Crippen molar-refractivity contribution in [3.05, 3.63) is 0 Å². The number of aliphatic imine (C=N–C) groups is 1. The van der Waals surface area contributed by atoms with Crippen molar-refractivity contribution in [3.63, 3.8) is 0 Å². The minimum absolute atomic E-state index is 0.162. The first kappa shape index (κ1) is 20.9. The van der Waals surface area contributed by atoms with Gasteiger partial charge in [0.05, 0.1) is 19.3 Å². The maximum atomic E-state index is 13.2. The summed E-state index contributed by atoms with van der Waals surface area (Å²) in [6.07, 6.45) is 7.94. The van der Waals surface area contributed by atoms with Crippen LogP contribution in [0.25, 0.3) is 0 Å². The van der Waals surface area contributed by atoms with Crippen LogP contribution in [0.5, 0.6) is 0 Å². The molecule has 0 radical (unpaired) electrons. The summed E-state index contributed by atoms with van der Waals surface area (Å²) in [6, 6.07) is 1.81. The Morgan fingerprint density at radius 2 is 1.96 bits per heavy atom. The van der Waals surface area contributed by atoms with E-state index in [1.807, 2.05) is 4.90 Å². The van der Waals surface area contributed by atoms with Gasteiger partial charge in [0, 0.05) is 13.1 Å². The molecule has 8 nitrogen and oxygen atoms in total. The largest absolute Gasteiger partial charge is 0.378 e. The Bertz CT molecular complexity index is 584. The molecule has 0 bridgehead atoms. The number of piperidine rings is 1. The number of guanidine groups is 1. The minimum atomic E-state index is -0.795. The van der Waals surface area contributed by atoms with Crippen LogP contribution in [0.15, 0.2) is 4.99 Å². The van der Waals surface area contributed by atoms with Gasteiger partial charge in [-0.05, 0) is 38.3 Å². The molecule has 1 saturated carbocycles. The van der Waals surface area contributed by atoms with E-state index in [9.17, 15) is 10.1 Å². The van der Waals surface area contributed by atoms with E-state index in [2.05, 4.69) is 21.7 Å². The summed E-state index contributed by atoms with van der Waals surface area (Å²) in [5.41, 5.74) is 5.46. The van der Waals surface area contributed by atoms with E-state index < -0.39 is 11.6 Å². The van der Waals surface area contributed by atoms with Gasteiger partial charge in [0.25, 0.3) is 0 Å². The first-order valence-electron chi connectivity index (χ1n) is 10.7. The van der Waals surface area contributed by atoms with Crippen LogP contribution in [0.3, 0.4) is 0 Å². The maximum absolute atomic E-state index is 13.2. The highest BCUT2D eigenvalue weighted by Crippen LogP contribution is 2.29. The molecular weight excluding hydrogens is 356 g/mol. The number of carbonyl (C=O) groups is 1. The molecule has 1 amide bonds. The number of hydrogen-bond acceptors (Lipinski definition) is 5. The van der Waals surface area contributed by atoms with Gasteiger partial charge in [0.15, 0.2) is 5.96 Å². The van der Waals surface area contributed by atoms with Gasteiger partial charge in [-0.15, -0.1) is 0 Å². The van der Waals surface area contributed by atoms with Crippen LogP contribution >= 0.6 is 0 Å². The van der Waals surface area contributed by atoms with Crippen LogP contribution < -0.4 is 16.4 Å². The Morgan fingerprint density at radius 1 is 1.29 bits per heavy atom. The smallest absolute Gasteiger partial charge is 0.246 e. The van der Waals surface area contributed by atoms with Crippen molar-refractivity contribution >= 4 is 11.9 Å². The molecule has 0 aromatic carbocycles. The Hall–Kier alpha value is -1.85. The Balaban J connectivity index is 1.72. The highest BCUT2D eigenvalue weighted by Gasteiger charge is 2.36. The van der Waals surface area contributed by atoms with Crippen molar-refractivity contribution in [1.82, 2.24) is 15.5 Å². The predicted molar refractivity (Wildman–Crippen MR) is 108 cm³/mol. The van der Waals surface area contributed by atoms with E-state index >= 15 is 0 Å². The number of nitrogens with two attached hydrogens (primary N) is 1. The zero-order valence-corrected chi connectivity index (χ0v) is 16.8. The highest BCUT2D eigenvalue weighted by atomic mass is 16.5. The molecule has 1 atom stereocenters. The molecule has 2 saturated heterocycles. The van der Waals surface area contributed by atoms with Crippen molar-refractivity contribution in [2.24, 2.45) is 16.6 Å². The van der Waals surface area contributed by atoms with Gasteiger partial charge < -0.3 is 26.0 Å². The van der Waals surface area contributed by atoms with E-state index in [0.29, 0.717) is 57.4 Å². The van der Waals surface area contributed by atoms with E-state index in [1.54, 1.807) is 0 Å². The highest BCUT2D eigenvalue weighted by molar-refractivity contribution is 5.87. The summed E-state index contributed by atoms with van der Waals surface area (Å²) in [4.78, 5) is 19.8. The molecule has 4 N–H and O–H groups in total. The maximum Gasteiger partial charge on any atom is 0.246 e. The normalized spacial score (nSPS) is 25.0. The fraction of sp³-hybridized carbons (Fsp3) is 0.850. The van der Waals surface area contributed by atoms with Gasteiger partial charge in [0.1, 0.15) is 11.6 Å². The molecule has 1 aliphatic carbocycles. The summed E-state index contributed by atoms with van der Waals surface area (Å²) in [5, 5.41) is 16.0. The second-order valence-electron chi connectivity index (χ2n) is 8.28. The first-order chi connectivity index (χ1) is 13.6. The average molecular weight is 391 g/mol. The van der Waals surface area contributed by atoms with Crippen LogP contribution in [0, 0.1) is 17.2 Å². The minimum Gasteiger partial charge on any atom is -0.378 e. The second-order valence-corrected chi connectivity index (χ2v) is 8.28. The molecule has 3 rings (SSSR count). The van der Waals surface area contributed by atoms with Gasteiger partial charge in [-0.3, -0.25) is 4.79 Å². The number of nitrogens with zero attached hydrogens (tertiary/aromatic N) is 3. The topological polar surface area (TPSA) is 116 Å². The zero-order chi connectivity index (χ0) is 19.8. The van der Waals surface area contributed by atoms with Gasteiger partial charge >= 0.3 is 0 Å². The summed E-state index contributed by atoms with van der Waals surface area (Å²) in [7, 11) is 0. The van der Waals surface area contributed by atoms with Crippen molar-refractivity contribution < 1.29 is 9.53 Å². The van der Waals surface area contributed by atoms with Gasteiger partial charge in [-0.25, -0.2) is 4.99 Å². The Kier molecular flexibility index (Phi) is 7.51. The van der Waals surface area contributed by atoms with Crippen molar-refractivity contribution in [1.29, 1.82) is 5.26 Å². The number of carbonyl (C=O) groups excluding carboxylic acids is 1. The molecule has 156 valence electrons. The number of rotatable bonds is 5. The number of hydrogen-bond donors (Lipinski definition) is 3. The number of morpholine rings is 1. The number of nitriles is 1. The second kappa shape index (κ2) is 10.1. The molecular formula is C20H34N6O2. The van der Waals surface area contributed by atoms with E-state index in [0.717, 1.165) is 25.9 Å². The average Bonchev–Trinajstić information content (AvgIpc) is 2.75. The standard InChI is InChI=1S/C20H34N6O2/c21-15-20(6-8-23-9-7-20)25-18(27)17(14-16-4-2-1-3-5-16)24-19(22)26-10-12-28-13-11-26/h16-17,23H,1-14H2,(H2,22,24)(H,25,27). The lowest BCUT2D eigenvalue weighted by molar-refractivity contribution is -0.124. The summed E-state index contributed by atoms with van der Waals surface area (Å²) in [5.74, 6) is 0.748. The number of ether oxygens (including phenoxy) is 1. The third kappa shape index (κ3) is 5.58. The van der Waals surface area contributed by atoms with Gasteiger partial charge in [-0.2, -0.15) is 5.26 Å². The molecule has 28 heavy (non-hydrogen) atoms. The van der Waals surface area contributed by atoms with Crippen molar-refractivity contribution in [2.75, 3.05) is 39.4 Å².